The molecule has 2 aromatic rings. The van der Waals surface area contributed by atoms with Gasteiger partial charge in [0, 0.05) is 56.1 Å². The lowest BCUT2D eigenvalue weighted by Gasteiger charge is -2.30. The minimum atomic E-state index is -4.34. The fourth-order valence-corrected chi connectivity index (χ4v) is 5.23. The molecular weight excluding hydrogens is 477 g/mol. The molecule has 0 aliphatic carbocycles. The number of rotatable bonds is 8. The number of carbonyl (C=O) groups excluding carboxylic acids is 1. The molecule has 186 valence electrons. The minimum absolute atomic E-state index is 0.00971. The number of alkyl halides is 1. The average molecular weight is 503 g/mol. The predicted molar refractivity (Wildman–Crippen MR) is 117 cm³/mol. The van der Waals surface area contributed by atoms with E-state index in [4.69, 9.17) is 9.47 Å². The number of methoxy groups -OCH3 is 1. The molecular formula is C22H25F3N2O6S. The molecule has 0 aromatic heterocycles. The number of hydrogen-bond donors (Lipinski definition) is 2. The van der Waals surface area contributed by atoms with Crippen LogP contribution in [0.25, 0.3) is 0 Å². The van der Waals surface area contributed by atoms with Crippen LogP contribution in [0, 0.1) is 11.6 Å². The van der Waals surface area contributed by atoms with Crippen LogP contribution < -0.4 is 5.32 Å². The number of sulfonamides is 1. The first-order chi connectivity index (χ1) is 16.1. The Balaban J connectivity index is 1.91. The summed E-state index contributed by atoms with van der Waals surface area (Å²) < 4.78 is 78.5. The molecule has 2 N–H and O–H groups in total. The van der Waals surface area contributed by atoms with Gasteiger partial charge in [-0.3, -0.25) is 4.79 Å². The Morgan fingerprint density at radius 1 is 1.24 bits per heavy atom. The standard InChI is InChI=1S/C22H25F3N2O6S/c1-32-8-6-22(29)13-27(7-9-33-14-22)34(30,31)20-10-15(2-3-16(20)12-23)21(28)26-17-4-5-18(24)19(25)11-17/h2-5,10-11,29H,6-9,12-14H2,1H3,(H,26,28). The van der Waals surface area contributed by atoms with Crippen LogP contribution in [-0.2, 0) is 26.2 Å². The van der Waals surface area contributed by atoms with E-state index < -0.39 is 44.7 Å². The van der Waals surface area contributed by atoms with Crippen LogP contribution in [0.1, 0.15) is 22.3 Å². The summed E-state index contributed by atoms with van der Waals surface area (Å²) in [5, 5.41) is 13.2. The van der Waals surface area contributed by atoms with E-state index in [1.807, 2.05) is 0 Å². The molecule has 3 rings (SSSR count). The van der Waals surface area contributed by atoms with Crippen molar-refractivity contribution < 1.29 is 41.0 Å². The Morgan fingerprint density at radius 3 is 2.68 bits per heavy atom. The number of hydrogen-bond acceptors (Lipinski definition) is 6. The third-order valence-electron chi connectivity index (χ3n) is 5.37. The maximum Gasteiger partial charge on any atom is 0.255 e. The number of carbonyl (C=O) groups is 1. The van der Waals surface area contributed by atoms with E-state index >= 15 is 0 Å². The summed E-state index contributed by atoms with van der Waals surface area (Å²) >= 11 is 0. The number of β-amino-alcohol motifs (C(OH)–C–C–N with tert-alkyl or cyclic N) is 1. The zero-order valence-corrected chi connectivity index (χ0v) is 19.2. The quantitative estimate of drug-likeness (QED) is 0.575. The summed E-state index contributed by atoms with van der Waals surface area (Å²) in [4.78, 5) is 12.2. The van der Waals surface area contributed by atoms with Crippen molar-refractivity contribution in [2.75, 3.05) is 45.3 Å². The smallest absolute Gasteiger partial charge is 0.255 e. The zero-order chi connectivity index (χ0) is 24.9. The van der Waals surface area contributed by atoms with Gasteiger partial charge in [-0.05, 0) is 24.3 Å². The molecule has 1 saturated heterocycles. The monoisotopic (exact) mass is 502 g/mol. The normalized spacial score (nSPS) is 19.6. The summed E-state index contributed by atoms with van der Waals surface area (Å²) in [5.74, 6) is -3.06. The molecule has 2 aromatic carbocycles. The minimum Gasteiger partial charge on any atom is -0.386 e. The Bertz CT molecular complexity index is 1150. The van der Waals surface area contributed by atoms with Crippen molar-refractivity contribution >= 4 is 21.6 Å². The van der Waals surface area contributed by atoms with Crippen LogP contribution >= 0.6 is 0 Å². The average Bonchev–Trinajstić information content (AvgIpc) is 3.02. The van der Waals surface area contributed by atoms with Crippen LogP contribution in [0.5, 0.6) is 0 Å². The van der Waals surface area contributed by atoms with E-state index in [0.717, 1.165) is 28.6 Å². The van der Waals surface area contributed by atoms with E-state index in [-0.39, 0.29) is 56.1 Å². The van der Waals surface area contributed by atoms with Gasteiger partial charge in [-0.1, -0.05) is 6.07 Å². The molecule has 1 atom stereocenters. The van der Waals surface area contributed by atoms with Crippen LogP contribution in [0.15, 0.2) is 41.3 Å². The molecule has 0 radical (unpaired) electrons. The highest BCUT2D eigenvalue weighted by Crippen LogP contribution is 2.27. The van der Waals surface area contributed by atoms with Gasteiger partial charge < -0.3 is 19.9 Å². The Kier molecular flexibility index (Phi) is 8.31. The molecule has 1 fully saturated rings. The highest BCUT2D eigenvalue weighted by Gasteiger charge is 2.38. The van der Waals surface area contributed by atoms with E-state index in [2.05, 4.69) is 5.32 Å². The number of amides is 1. The van der Waals surface area contributed by atoms with Crippen LogP contribution in [0.2, 0.25) is 0 Å². The number of ether oxygens (including phenoxy) is 2. The number of anilines is 1. The highest BCUT2D eigenvalue weighted by atomic mass is 32.2. The molecule has 8 nitrogen and oxygen atoms in total. The van der Waals surface area contributed by atoms with E-state index in [0.29, 0.717) is 0 Å². The van der Waals surface area contributed by atoms with Crippen molar-refractivity contribution in [1.82, 2.24) is 4.31 Å². The second-order valence-electron chi connectivity index (χ2n) is 7.90. The van der Waals surface area contributed by atoms with Gasteiger partial charge in [0.2, 0.25) is 10.0 Å². The van der Waals surface area contributed by atoms with Gasteiger partial charge in [0.15, 0.2) is 11.6 Å². The number of benzene rings is 2. The molecule has 1 aliphatic heterocycles. The number of halogens is 3. The van der Waals surface area contributed by atoms with E-state index in [9.17, 15) is 31.5 Å². The SMILES string of the molecule is COCCC1(O)COCCN(S(=O)(=O)c2cc(C(=O)Nc3ccc(F)c(F)c3)ccc2CF)C1. The molecule has 1 amide bonds. The van der Waals surface area contributed by atoms with Crippen LogP contribution in [0.3, 0.4) is 0 Å². The first-order valence-corrected chi connectivity index (χ1v) is 11.8. The van der Waals surface area contributed by atoms with Crippen molar-refractivity contribution in [3.05, 3.63) is 59.2 Å². The summed E-state index contributed by atoms with van der Waals surface area (Å²) in [6.07, 6.45) is 0.113. The summed E-state index contributed by atoms with van der Waals surface area (Å²) in [6.45, 7) is -1.43. The van der Waals surface area contributed by atoms with Gasteiger partial charge in [-0.25, -0.2) is 21.6 Å². The molecule has 0 spiro atoms. The van der Waals surface area contributed by atoms with Crippen molar-refractivity contribution in [1.29, 1.82) is 0 Å². The largest absolute Gasteiger partial charge is 0.386 e. The fourth-order valence-electron chi connectivity index (χ4n) is 3.49. The second-order valence-corrected chi connectivity index (χ2v) is 9.80. The lowest BCUT2D eigenvalue weighted by molar-refractivity contribution is -0.0493. The third-order valence-corrected chi connectivity index (χ3v) is 7.29. The third kappa shape index (κ3) is 5.94. The maximum absolute atomic E-state index is 13.7. The molecule has 34 heavy (non-hydrogen) atoms. The lowest BCUT2D eigenvalue weighted by Crippen LogP contribution is -2.47. The van der Waals surface area contributed by atoms with Crippen molar-refractivity contribution in [2.24, 2.45) is 0 Å². The first kappa shape index (κ1) is 26.1. The van der Waals surface area contributed by atoms with Gasteiger partial charge in [0.25, 0.3) is 5.91 Å². The topological polar surface area (TPSA) is 105 Å². The second kappa shape index (κ2) is 10.8. The predicted octanol–water partition coefficient (Wildman–Crippen LogP) is 2.48. The number of nitrogens with one attached hydrogen (secondary N) is 1. The van der Waals surface area contributed by atoms with Crippen LogP contribution in [0.4, 0.5) is 18.9 Å². The van der Waals surface area contributed by atoms with Crippen molar-refractivity contribution in [3.8, 4) is 0 Å². The summed E-state index contributed by atoms with van der Waals surface area (Å²) in [7, 11) is -2.90. The molecule has 1 aliphatic rings. The van der Waals surface area contributed by atoms with E-state index in [1.54, 1.807) is 0 Å². The number of aliphatic hydroxyl groups is 1. The first-order valence-electron chi connectivity index (χ1n) is 10.3. The lowest BCUT2D eigenvalue weighted by atomic mass is 10.0. The van der Waals surface area contributed by atoms with Gasteiger partial charge in [0.1, 0.15) is 12.3 Å². The Labute approximate surface area is 195 Å². The molecule has 1 heterocycles. The van der Waals surface area contributed by atoms with E-state index in [1.165, 1.54) is 19.2 Å². The van der Waals surface area contributed by atoms with Gasteiger partial charge in [0.05, 0.1) is 18.1 Å². The molecule has 0 saturated carbocycles. The van der Waals surface area contributed by atoms with Gasteiger partial charge in [-0.2, -0.15) is 4.31 Å². The highest BCUT2D eigenvalue weighted by molar-refractivity contribution is 7.89. The molecule has 1 unspecified atom stereocenters. The zero-order valence-electron chi connectivity index (χ0n) is 18.4. The Hall–Kier alpha value is -2.51. The van der Waals surface area contributed by atoms with Crippen molar-refractivity contribution in [3.63, 3.8) is 0 Å². The van der Waals surface area contributed by atoms with Crippen molar-refractivity contribution in [2.45, 2.75) is 23.6 Å². The summed E-state index contributed by atoms with van der Waals surface area (Å²) in [6, 6.07) is 6.15. The van der Waals surface area contributed by atoms with Crippen LogP contribution in [-0.4, -0.2) is 69.4 Å². The van der Waals surface area contributed by atoms with Gasteiger partial charge >= 0.3 is 0 Å². The molecule has 12 heteroatoms. The molecule has 0 bridgehead atoms. The maximum atomic E-state index is 13.7. The van der Waals surface area contributed by atoms with Gasteiger partial charge in [-0.15, -0.1) is 0 Å². The Morgan fingerprint density at radius 2 is 2.00 bits per heavy atom. The fraction of sp³-hybridized carbons (Fsp3) is 0.409. The summed E-state index contributed by atoms with van der Waals surface area (Å²) in [5.41, 5.74) is -1.87. The number of nitrogens with zero attached hydrogens (tertiary/aromatic N) is 1.